The molecule has 1 atom stereocenters. The van der Waals surface area contributed by atoms with E-state index in [1.54, 1.807) is 38.2 Å². The molecule has 0 saturated heterocycles. The predicted molar refractivity (Wildman–Crippen MR) is 78.8 cm³/mol. The molecule has 1 aliphatic rings. The lowest BCUT2D eigenvalue weighted by atomic mass is 10.1. The van der Waals surface area contributed by atoms with Crippen molar-refractivity contribution in [1.29, 1.82) is 0 Å². The van der Waals surface area contributed by atoms with Gasteiger partial charge in [-0.15, -0.1) is 0 Å². The van der Waals surface area contributed by atoms with E-state index in [-0.39, 0.29) is 23.7 Å². The number of imide groups is 1. The molecule has 0 aromatic heterocycles. The number of hydrogen-bond donors (Lipinski definition) is 1. The Morgan fingerprint density at radius 1 is 1.29 bits per heavy atom. The van der Waals surface area contributed by atoms with Gasteiger partial charge in [0.05, 0.1) is 17.2 Å². The summed E-state index contributed by atoms with van der Waals surface area (Å²) >= 11 is 0. The molecule has 2 rings (SSSR count). The molecule has 112 valence electrons. The number of carbonyl (C=O) groups excluding carboxylic acids is 2. The number of benzene rings is 1. The molecule has 1 aromatic rings. The molecule has 1 aliphatic heterocycles. The molecule has 1 N–H and O–H groups in total. The predicted octanol–water partition coefficient (Wildman–Crippen LogP) is 2.52. The molecule has 1 unspecified atom stereocenters. The van der Waals surface area contributed by atoms with Gasteiger partial charge in [0.1, 0.15) is 5.83 Å². The maximum absolute atomic E-state index is 13.5. The van der Waals surface area contributed by atoms with Crippen LogP contribution in [0.2, 0.25) is 0 Å². The number of amides is 2. The number of unbranched alkanes of at least 4 members (excludes halogenated alkanes) is 1. The SMILES string of the molecule is CNC(C)C(F)=CCCCN1C(=O)c2ccccc2C1=O. The summed E-state index contributed by atoms with van der Waals surface area (Å²) < 4.78 is 13.5. The lowest BCUT2D eigenvalue weighted by molar-refractivity contribution is 0.0653. The second-order valence-corrected chi connectivity index (χ2v) is 5.05. The molecule has 0 bridgehead atoms. The van der Waals surface area contributed by atoms with Crippen LogP contribution >= 0.6 is 0 Å². The summed E-state index contributed by atoms with van der Waals surface area (Å²) in [6.45, 7) is 2.04. The van der Waals surface area contributed by atoms with Gasteiger partial charge >= 0.3 is 0 Å². The highest BCUT2D eigenvalue weighted by atomic mass is 19.1. The van der Waals surface area contributed by atoms with E-state index in [1.807, 2.05) is 0 Å². The number of likely N-dealkylation sites (N-methyl/N-ethyl adjacent to an activating group) is 1. The second kappa shape index (κ2) is 6.63. The topological polar surface area (TPSA) is 49.4 Å². The zero-order valence-corrected chi connectivity index (χ0v) is 12.2. The van der Waals surface area contributed by atoms with Gasteiger partial charge < -0.3 is 5.32 Å². The number of hydrogen-bond acceptors (Lipinski definition) is 3. The first-order valence-corrected chi connectivity index (χ1v) is 7.04. The van der Waals surface area contributed by atoms with Gasteiger partial charge in [-0.25, -0.2) is 4.39 Å². The summed E-state index contributed by atoms with van der Waals surface area (Å²) in [4.78, 5) is 25.4. The highest BCUT2D eigenvalue weighted by Gasteiger charge is 2.34. The molecule has 0 aliphatic carbocycles. The minimum Gasteiger partial charge on any atom is -0.311 e. The van der Waals surface area contributed by atoms with Crippen molar-refractivity contribution < 1.29 is 14.0 Å². The third-order valence-corrected chi connectivity index (χ3v) is 3.65. The van der Waals surface area contributed by atoms with Crippen molar-refractivity contribution in [2.45, 2.75) is 25.8 Å². The molecule has 21 heavy (non-hydrogen) atoms. The highest BCUT2D eigenvalue weighted by molar-refractivity contribution is 6.21. The average molecular weight is 290 g/mol. The zero-order valence-electron chi connectivity index (χ0n) is 12.2. The van der Waals surface area contributed by atoms with E-state index < -0.39 is 0 Å². The standard InChI is InChI=1S/C16H19FN2O2/c1-11(18-2)14(17)9-5-6-10-19-15(20)12-7-3-4-8-13(12)16(19)21/h3-4,7-9,11,18H,5-6,10H2,1-2H3. The minimum atomic E-state index is -0.315. The van der Waals surface area contributed by atoms with Crippen molar-refractivity contribution in [1.82, 2.24) is 10.2 Å². The molecule has 4 nitrogen and oxygen atoms in total. The first-order valence-electron chi connectivity index (χ1n) is 7.04. The Morgan fingerprint density at radius 2 is 1.86 bits per heavy atom. The van der Waals surface area contributed by atoms with Crippen molar-refractivity contribution in [3.8, 4) is 0 Å². The third-order valence-electron chi connectivity index (χ3n) is 3.65. The van der Waals surface area contributed by atoms with Crippen LogP contribution in [-0.4, -0.2) is 36.3 Å². The van der Waals surface area contributed by atoms with E-state index >= 15 is 0 Å². The van der Waals surface area contributed by atoms with Gasteiger partial charge in [0, 0.05) is 6.54 Å². The van der Waals surface area contributed by atoms with Gasteiger partial charge in [-0.3, -0.25) is 14.5 Å². The quantitative estimate of drug-likeness (QED) is 0.647. The number of allylic oxidation sites excluding steroid dienone is 1. The summed E-state index contributed by atoms with van der Waals surface area (Å²) in [5.74, 6) is -0.743. The third kappa shape index (κ3) is 3.19. The Hall–Kier alpha value is -2.01. The number of carbonyl (C=O) groups is 2. The monoisotopic (exact) mass is 290 g/mol. The van der Waals surface area contributed by atoms with Crippen LogP contribution in [0.15, 0.2) is 36.2 Å². The largest absolute Gasteiger partial charge is 0.311 e. The molecular formula is C16H19FN2O2. The number of fused-ring (bicyclic) bond motifs is 1. The van der Waals surface area contributed by atoms with Crippen LogP contribution in [0.3, 0.4) is 0 Å². The van der Waals surface area contributed by atoms with E-state index in [2.05, 4.69) is 5.32 Å². The normalized spacial score (nSPS) is 16.3. The number of nitrogens with one attached hydrogen (secondary N) is 1. The smallest absolute Gasteiger partial charge is 0.261 e. The van der Waals surface area contributed by atoms with E-state index in [4.69, 9.17) is 0 Å². The van der Waals surface area contributed by atoms with Gasteiger partial charge in [-0.1, -0.05) is 18.2 Å². The fourth-order valence-electron chi connectivity index (χ4n) is 2.25. The Balaban J connectivity index is 1.91. The van der Waals surface area contributed by atoms with Crippen molar-refractivity contribution >= 4 is 11.8 Å². The lowest BCUT2D eigenvalue weighted by Crippen LogP contribution is -2.30. The summed E-state index contributed by atoms with van der Waals surface area (Å²) in [5.41, 5.74) is 0.904. The van der Waals surface area contributed by atoms with Crippen LogP contribution in [0.1, 0.15) is 40.5 Å². The molecule has 2 amide bonds. The van der Waals surface area contributed by atoms with E-state index in [0.29, 0.717) is 30.5 Å². The van der Waals surface area contributed by atoms with Crippen LogP contribution in [0.5, 0.6) is 0 Å². The van der Waals surface area contributed by atoms with Crippen LogP contribution in [-0.2, 0) is 0 Å². The molecule has 0 fully saturated rings. The van der Waals surface area contributed by atoms with E-state index in [1.165, 1.54) is 11.0 Å². The molecule has 0 spiro atoms. The van der Waals surface area contributed by atoms with Gasteiger partial charge in [0.2, 0.25) is 0 Å². The molecule has 1 heterocycles. The maximum Gasteiger partial charge on any atom is 0.261 e. The molecule has 0 saturated carbocycles. The maximum atomic E-state index is 13.5. The Bertz CT molecular complexity index is 548. The fraction of sp³-hybridized carbons (Fsp3) is 0.375. The molecule has 1 aromatic carbocycles. The minimum absolute atomic E-state index is 0.222. The summed E-state index contributed by atoms with van der Waals surface area (Å²) in [6, 6.07) is 6.48. The van der Waals surface area contributed by atoms with Crippen LogP contribution in [0.25, 0.3) is 0 Å². The summed E-state index contributed by atoms with van der Waals surface area (Å²) in [7, 11) is 1.69. The second-order valence-electron chi connectivity index (χ2n) is 5.05. The van der Waals surface area contributed by atoms with Crippen molar-refractivity contribution in [2.75, 3.05) is 13.6 Å². The number of nitrogens with zero attached hydrogens (tertiary/aromatic N) is 1. The van der Waals surface area contributed by atoms with Gasteiger partial charge in [-0.05, 0) is 38.9 Å². The van der Waals surface area contributed by atoms with Gasteiger partial charge in [-0.2, -0.15) is 0 Å². The average Bonchev–Trinajstić information content (AvgIpc) is 2.75. The van der Waals surface area contributed by atoms with Crippen LogP contribution < -0.4 is 5.32 Å². The lowest BCUT2D eigenvalue weighted by Gasteiger charge is -2.13. The molecule has 5 heteroatoms. The Morgan fingerprint density at radius 3 is 2.38 bits per heavy atom. The van der Waals surface area contributed by atoms with E-state index in [9.17, 15) is 14.0 Å². The zero-order chi connectivity index (χ0) is 15.4. The van der Waals surface area contributed by atoms with Crippen LogP contribution in [0, 0.1) is 0 Å². The van der Waals surface area contributed by atoms with Gasteiger partial charge in [0.15, 0.2) is 0 Å². The summed E-state index contributed by atoms with van der Waals surface area (Å²) in [5, 5.41) is 2.81. The van der Waals surface area contributed by atoms with Crippen LogP contribution in [0.4, 0.5) is 4.39 Å². The Kier molecular flexibility index (Phi) is 4.85. The molecule has 0 radical (unpaired) electrons. The van der Waals surface area contributed by atoms with Crippen molar-refractivity contribution in [2.24, 2.45) is 0 Å². The Labute approximate surface area is 123 Å². The first-order chi connectivity index (χ1) is 10.1. The highest BCUT2D eigenvalue weighted by Crippen LogP contribution is 2.22. The number of halogens is 1. The van der Waals surface area contributed by atoms with Crippen molar-refractivity contribution in [3.63, 3.8) is 0 Å². The number of rotatable bonds is 6. The molecular weight excluding hydrogens is 271 g/mol. The van der Waals surface area contributed by atoms with Crippen molar-refractivity contribution in [3.05, 3.63) is 47.3 Å². The fourth-order valence-corrected chi connectivity index (χ4v) is 2.25. The first kappa shape index (κ1) is 15.4. The summed E-state index contributed by atoms with van der Waals surface area (Å²) in [6.07, 6.45) is 2.54. The van der Waals surface area contributed by atoms with Gasteiger partial charge in [0.25, 0.3) is 11.8 Å². The van der Waals surface area contributed by atoms with E-state index in [0.717, 1.165) is 0 Å².